The molecular formula is C9H11NOS. The second-order valence-electron chi connectivity index (χ2n) is 2.56. The molecule has 12 heavy (non-hydrogen) atoms. The van der Waals surface area contributed by atoms with Crippen LogP contribution in [0.1, 0.15) is 12.0 Å². The fraction of sp³-hybridized carbons (Fsp3) is 0.222. The lowest BCUT2D eigenvalue weighted by atomic mass is 10.1. The van der Waals surface area contributed by atoms with Gasteiger partial charge < -0.3 is 10.5 Å². The van der Waals surface area contributed by atoms with Gasteiger partial charge in [0.2, 0.25) is 0 Å². The number of aldehydes is 1. The van der Waals surface area contributed by atoms with E-state index in [0.29, 0.717) is 18.5 Å². The molecule has 0 heterocycles. The zero-order valence-corrected chi connectivity index (χ0v) is 7.55. The number of carbonyl (C=O) groups is 1. The van der Waals surface area contributed by atoms with Crippen molar-refractivity contribution in [2.45, 2.75) is 17.7 Å². The highest BCUT2D eigenvalue weighted by atomic mass is 32.1. The van der Waals surface area contributed by atoms with Crippen LogP contribution in [-0.2, 0) is 11.2 Å². The van der Waals surface area contributed by atoms with E-state index < -0.39 is 0 Å². The summed E-state index contributed by atoms with van der Waals surface area (Å²) in [5, 5.41) is 0. The number of carbonyl (C=O) groups excluding carboxylic acids is 1. The highest BCUT2D eigenvalue weighted by Gasteiger charge is 2.00. The van der Waals surface area contributed by atoms with E-state index in [1.807, 2.05) is 18.2 Å². The highest BCUT2D eigenvalue weighted by molar-refractivity contribution is 7.80. The fourth-order valence-corrected chi connectivity index (χ4v) is 1.26. The second-order valence-corrected chi connectivity index (χ2v) is 3.04. The van der Waals surface area contributed by atoms with E-state index in [1.54, 1.807) is 0 Å². The van der Waals surface area contributed by atoms with Crippen LogP contribution in [0.2, 0.25) is 0 Å². The van der Waals surface area contributed by atoms with Crippen LogP contribution in [0.25, 0.3) is 0 Å². The Morgan fingerprint density at radius 2 is 2.25 bits per heavy atom. The number of hydrogen-bond donors (Lipinski definition) is 2. The molecule has 1 aromatic rings. The van der Waals surface area contributed by atoms with Gasteiger partial charge >= 0.3 is 0 Å². The van der Waals surface area contributed by atoms with E-state index in [4.69, 9.17) is 5.73 Å². The van der Waals surface area contributed by atoms with E-state index in [0.717, 1.165) is 16.7 Å². The van der Waals surface area contributed by atoms with Crippen molar-refractivity contribution in [2.75, 3.05) is 5.73 Å². The Hall–Kier alpha value is -0.960. The Morgan fingerprint density at radius 1 is 1.50 bits per heavy atom. The number of benzene rings is 1. The molecular weight excluding hydrogens is 170 g/mol. The fourth-order valence-electron chi connectivity index (χ4n) is 1.03. The Bertz CT molecular complexity index is 286. The lowest BCUT2D eigenvalue weighted by Gasteiger charge is -2.04. The summed E-state index contributed by atoms with van der Waals surface area (Å²) in [5.41, 5.74) is 7.41. The minimum atomic E-state index is 0.515. The molecule has 0 atom stereocenters. The smallest absolute Gasteiger partial charge is 0.120 e. The average molecular weight is 181 g/mol. The van der Waals surface area contributed by atoms with Crippen LogP contribution in [0.5, 0.6) is 0 Å². The molecule has 64 valence electrons. The molecule has 0 unspecified atom stereocenters. The summed E-state index contributed by atoms with van der Waals surface area (Å²) in [6.07, 6.45) is 2.11. The molecule has 0 aliphatic carbocycles. The molecule has 0 aliphatic rings. The van der Waals surface area contributed by atoms with Crippen LogP contribution in [0, 0.1) is 0 Å². The van der Waals surface area contributed by atoms with E-state index >= 15 is 0 Å². The summed E-state index contributed by atoms with van der Waals surface area (Å²) in [5.74, 6) is 0. The van der Waals surface area contributed by atoms with E-state index in [-0.39, 0.29) is 0 Å². The molecule has 2 N–H and O–H groups in total. The number of thiol groups is 1. The molecule has 1 aromatic carbocycles. The van der Waals surface area contributed by atoms with Crippen LogP contribution >= 0.6 is 12.6 Å². The molecule has 1 rings (SSSR count). The Labute approximate surface area is 77.2 Å². The number of aryl methyl sites for hydroxylation is 1. The summed E-state index contributed by atoms with van der Waals surface area (Å²) in [6.45, 7) is 0. The maximum atomic E-state index is 10.1. The summed E-state index contributed by atoms with van der Waals surface area (Å²) in [4.78, 5) is 10.9. The van der Waals surface area contributed by atoms with Crippen molar-refractivity contribution < 1.29 is 4.79 Å². The molecule has 0 radical (unpaired) electrons. The Kier molecular flexibility index (Phi) is 3.17. The zero-order chi connectivity index (χ0) is 8.97. The zero-order valence-electron chi connectivity index (χ0n) is 6.66. The monoisotopic (exact) mass is 181 g/mol. The number of hydrogen-bond acceptors (Lipinski definition) is 3. The number of para-hydroxylation sites is 1. The first-order valence-corrected chi connectivity index (χ1v) is 4.20. The molecule has 0 amide bonds. The topological polar surface area (TPSA) is 43.1 Å². The van der Waals surface area contributed by atoms with Gasteiger partial charge in [-0.3, -0.25) is 0 Å². The van der Waals surface area contributed by atoms with Gasteiger partial charge in [0, 0.05) is 17.0 Å². The van der Waals surface area contributed by atoms with Crippen molar-refractivity contribution in [1.29, 1.82) is 0 Å². The third kappa shape index (κ3) is 2.01. The van der Waals surface area contributed by atoms with Crippen molar-refractivity contribution in [2.24, 2.45) is 0 Å². The van der Waals surface area contributed by atoms with Gasteiger partial charge in [0.05, 0.1) is 0 Å². The lowest BCUT2D eigenvalue weighted by Crippen LogP contribution is -1.95. The average Bonchev–Trinajstić information content (AvgIpc) is 2.08. The van der Waals surface area contributed by atoms with Gasteiger partial charge in [0.1, 0.15) is 6.29 Å². The molecule has 0 aliphatic heterocycles. The molecule has 0 spiro atoms. The van der Waals surface area contributed by atoms with Gasteiger partial charge in [-0.05, 0) is 18.1 Å². The third-order valence-electron chi connectivity index (χ3n) is 1.70. The SMILES string of the molecule is Nc1c(S)cccc1CCC=O. The van der Waals surface area contributed by atoms with Crippen LogP contribution in [0.15, 0.2) is 23.1 Å². The highest BCUT2D eigenvalue weighted by Crippen LogP contribution is 2.21. The Morgan fingerprint density at radius 3 is 2.92 bits per heavy atom. The van der Waals surface area contributed by atoms with E-state index in [2.05, 4.69) is 12.6 Å². The molecule has 0 saturated heterocycles. The van der Waals surface area contributed by atoms with Crippen LogP contribution in [0.3, 0.4) is 0 Å². The molecule has 0 fully saturated rings. The summed E-state index contributed by atoms with van der Waals surface area (Å²) < 4.78 is 0. The number of nitrogen functional groups attached to an aromatic ring is 1. The molecule has 0 aromatic heterocycles. The van der Waals surface area contributed by atoms with Crippen molar-refractivity contribution in [1.82, 2.24) is 0 Å². The predicted octanol–water partition coefficient (Wildman–Crippen LogP) is 1.69. The molecule has 0 bridgehead atoms. The number of rotatable bonds is 3. The maximum absolute atomic E-state index is 10.1. The lowest BCUT2D eigenvalue weighted by molar-refractivity contribution is -0.107. The first-order chi connectivity index (χ1) is 5.75. The summed E-state index contributed by atoms with van der Waals surface area (Å²) in [6, 6.07) is 5.64. The van der Waals surface area contributed by atoms with Crippen molar-refractivity contribution in [3.05, 3.63) is 23.8 Å². The quantitative estimate of drug-likeness (QED) is 0.423. The van der Waals surface area contributed by atoms with Crippen molar-refractivity contribution in [3.8, 4) is 0 Å². The predicted molar refractivity (Wildman–Crippen MR) is 52.5 cm³/mol. The minimum absolute atomic E-state index is 0.515. The molecule has 0 saturated carbocycles. The summed E-state index contributed by atoms with van der Waals surface area (Å²) in [7, 11) is 0. The van der Waals surface area contributed by atoms with Crippen LogP contribution < -0.4 is 5.73 Å². The second kappa shape index (κ2) is 4.16. The normalized spacial score (nSPS) is 9.75. The number of anilines is 1. The first kappa shape index (κ1) is 9.13. The largest absolute Gasteiger partial charge is 0.398 e. The first-order valence-electron chi connectivity index (χ1n) is 3.75. The summed E-state index contributed by atoms with van der Waals surface area (Å²) >= 11 is 4.18. The third-order valence-corrected chi connectivity index (χ3v) is 2.09. The van der Waals surface area contributed by atoms with Gasteiger partial charge in [-0.1, -0.05) is 12.1 Å². The Balaban J connectivity index is 2.84. The maximum Gasteiger partial charge on any atom is 0.120 e. The molecule has 2 nitrogen and oxygen atoms in total. The van der Waals surface area contributed by atoms with Gasteiger partial charge in [0.15, 0.2) is 0 Å². The van der Waals surface area contributed by atoms with Gasteiger partial charge in [-0.2, -0.15) is 0 Å². The van der Waals surface area contributed by atoms with Crippen molar-refractivity contribution in [3.63, 3.8) is 0 Å². The van der Waals surface area contributed by atoms with Gasteiger partial charge in [-0.25, -0.2) is 0 Å². The van der Waals surface area contributed by atoms with E-state index in [9.17, 15) is 4.79 Å². The van der Waals surface area contributed by atoms with Gasteiger partial charge in [0.25, 0.3) is 0 Å². The van der Waals surface area contributed by atoms with Crippen LogP contribution in [-0.4, -0.2) is 6.29 Å². The molecule has 3 heteroatoms. The van der Waals surface area contributed by atoms with E-state index in [1.165, 1.54) is 0 Å². The number of nitrogens with two attached hydrogens (primary N) is 1. The van der Waals surface area contributed by atoms with Crippen molar-refractivity contribution >= 4 is 24.6 Å². The van der Waals surface area contributed by atoms with Crippen LogP contribution in [0.4, 0.5) is 5.69 Å². The van der Waals surface area contributed by atoms with Gasteiger partial charge in [-0.15, -0.1) is 12.6 Å². The minimum Gasteiger partial charge on any atom is -0.398 e. The standard InChI is InChI=1S/C9H11NOS/c10-9-7(4-2-6-11)3-1-5-8(9)12/h1,3,5-6,12H,2,4,10H2.